The van der Waals surface area contributed by atoms with E-state index in [0.29, 0.717) is 5.56 Å². The van der Waals surface area contributed by atoms with Crippen molar-refractivity contribution in [3.8, 4) is 6.07 Å². The molecule has 1 aromatic rings. The molecular weight excluding hydrogens is 430 g/mol. The van der Waals surface area contributed by atoms with Crippen LogP contribution in [0.1, 0.15) is 11.7 Å². The zero-order valence-electron chi connectivity index (χ0n) is 16.9. The summed E-state index contributed by atoms with van der Waals surface area (Å²) in [6.45, 7) is -1.14. The summed E-state index contributed by atoms with van der Waals surface area (Å²) in [6.07, 6.45) is -16.5. The number of hydrogen-bond donors (Lipinski definition) is 7. The zero-order chi connectivity index (χ0) is 23.4. The summed E-state index contributed by atoms with van der Waals surface area (Å²) in [5.74, 6) is 0. The minimum absolute atomic E-state index is 0.487. The number of ether oxygens (including phenoxy) is 4. The average Bonchev–Trinajstić information content (AvgIpc) is 2.81. The standard InChI is InChI=1S/C20H27NO11/c21-6-10(9-4-2-1-3-5-9)30-20-18(28)16(26)14(24)12(32-20)8-29-19-17(27)15(25)13(23)11(7-22)31-19/h1-5,10-20,22-28H,7-8H2/t10-,11-,12-,13-,14-,15+,16+,17-,18-,19+,20-/m1/s1. The Hall–Kier alpha value is -1.73. The second-order valence-corrected chi connectivity index (χ2v) is 7.60. The van der Waals surface area contributed by atoms with E-state index in [1.54, 1.807) is 30.3 Å². The quantitative estimate of drug-likeness (QED) is 0.218. The van der Waals surface area contributed by atoms with Crippen molar-refractivity contribution in [2.45, 2.75) is 67.5 Å². The molecule has 2 fully saturated rings. The number of nitrogens with zero attached hydrogens (tertiary/aromatic N) is 1. The van der Waals surface area contributed by atoms with Crippen molar-refractivity contribution in [2.24, 2.45) is 0 Å². The highest BCUT2D eigenvalue weighted by Crippen LogP contribution is 2.28. The highest BCUT2D eigenvalue weighted by atomic mass is 16.7. The van der Waals surface area contributed by atoms with Crippen LogP contribution in [0.25, 0.3) is 0 Å². The van der Waals surface area contributed by atoms with Gasteiger partial charge in [-0.25, -0.2) is 0 Å². The van der Waals surface area contributed by atoms with Gasteiger partial charge >= 0.3 is 0 Å². The van der Waals surface area contributed by atoms with Crippen molar-refractivity contribution in [1.29, 1.82) is 5.26 Å². The molecule has 2 aliphatic heterocycles. The van der Waals surface area contributed by atoms with Crippen LogP contribution in [-0.4, -0.2) is 110 Å². The summed E-state index contributed by atoms with van der Waals surface area (Å²) in [7, 11) is 0. The fourth-order valence-electron chi connectivity index (χ4n) is 3.51. The van der Waals surface area contributed by atoms with Crippen LogP contribution in [0.2, 0.25) is 0 Å². The minimum Gasteiger partial charge on any atom is -0.394 e. The van der Waals surface area contributed by atoms with Crippen LogP contribution in [0, 0.1) is 11.3 Å². The summed E-state index contributed by atoms with van der Waals surface area (Å²) in [6, 6.07) is 10.3. The Bertz CT molecular complexity index is 760. The van der Waals surface area contributed by atoms with Crippen LogP contribution in [0.4, 0.5) is 0 Å². The molecule has 0 aromatic heterocycles. The van der Waals surface area contributed by atoms with Gasteiger partial charge in [0, 0.05) is 0 Å². The van der Waals surface area contributed by atoms with Gasteiger partial charge in [0.25, 0.3) is 0 Å². The molecule has 178 valence electrons. The molecule has 2 heterocycles. The van der Waals surface area contributed by atoms with Gasteiger partial charge in [-0.1, -0.05) is 30.3 Å². The molecule has 0 radical (unpaired) electrons. The van der Waals surface area contributed by atoms with Gasteiger partial charge in [-0.2, -0.15) is 5.26 Å². The first kappa shape index (κ1) is 24.9. The largest absolute Gasteiger partial charge is 0.394 e. The lowest BCUT2D eigenvalue weighted by atomic mass is 9.98. The van der Waals surface area contributed by atoms with Gasteiger partial charge in [-0.3, -0.25) is 0 Å². The molecule has 3 rings (SSSR count). The molecule has 0 aliphatic carbocycles. The molecule has 7 N–H and O–H groups in total. The molecular formula is C20H27NO11. The van der Waals surface area contributed by atoms with Gasteiger partial charge in [0.2, 0.25) is 0 Å². The van der Waals surface area contributed by atoms with Crippen LogP contribution >= 0.6 is 0 Å². The van der Waals surface area contributed by atoms with Crippen molar-refractivity contribution in [1.82, 2.24) is 0 Å². The SMILES string of the molecule is N#C[C@@H](O[C@@H]1O[C@H](CO[C@H]2O[C@H](CO)[C@@H](O)[C@H](O)[C@H]2O)[C@@H](O)[C@H](O)[C@H]1O)c1ccccc1. The maximum atomic E-state index is 10.3. The summed E-state index contributed by atoms with van der Waals surface area (Å²) in [5.41, 5.74) is 0.487. The van der Waals surface area contributed by atoms with Crippen LogP contribution in [0.15, 0.2) is 30.3 Å². The Labute approximate surface area is 183 Å². The topological polar surface area (TPSA) is 202 Å². The normalized spacial score (nSPS) is 41.1. The van der Waals surface area contributed by atoms with E-state index < -0.39 is 80.7 Å². The second-order valence-electron chi connectivity index (χ2n) is 7.60. The summed E-state index contributed by atoms with van der Waals surface area (Å²) < 4.78 is 21.6. The van der Waals surface area contributed by atoms with E-state index in [9.17, 15) is 41.0 Å². The number of nitriles is 1. The third-order valence-corrected chi connectivity index (χ3v) is 5.43. The van der Waals surface area contributed by atoms with E-state index in [0.717, 1.165) is 0 Å². The molecule has 1 aromatic carbocycles. The van der Waals surface area contributed by atoms with Crippen molar-refractivity contribution < 1.29 is 54.7 Å². The predicted octanol–water partition coefficient (Wildman–Crippen LogP) is -3.11. The van der Waals surface area contributed by atoms with E-state index in [4.69, 9.17) is 18.9 Å². The van der Waals surface area contributed by atoms with E-state index in [1.165, 1.54) is 0 Å². The second kappa shape index (κ2) is 10.9. The van der Waals surface area contributed by atoms with Crippen LogP contribution in [-0.2, 0) is 18.9 Å². The van der Waals surface area contributed by atoms with E-state index >= 15 is 0 Å². The Morgan fingerprint density at radius 2 is 1.38 bits per heavy atom. The van der Waals surface area contributed by atoms with Crippen LogP contribution in [0.5, 0.6) is 0 Å². The lowest BCUT2D eigenvalue weighted by Gasteiger charge is -2.43. The maximum Gasteiger partial charge on any atom is 0.188 e. The molecule has 2 saturated heterocycles. The van der Waals surface area contributed by atoms with E-state index in [-0.39, 0.29) is 0 Å². The van der Waals surface area contributed by atoms with Gasteiger partial charge in [-0.15, -0.1) is 0 Å². The van der Waals surface area contributed by atoms with Crippen molar-refractivity contribution in [2.75, 3.05) is 13.2 Å². The molecule has 0 spiro atoms. The summed E-state index contributed by atoms with van der Waals surface area (Å²) in [4.78, 5) is 0. The predicted molar refractivity (Wildman–Crippen MR) is 102 cm³/mol. The van der Waals surface area contributed by atoms with Gasteiger partial charge in [0.1, 0.15) is 48.8 Å². The Morgan fingerprint density at radius 3 is 1.97 bits per heavy atom. The Kier molecular flexibility index (Phi) is 8.50. The number of benzene rings is 1. The maximum absolute atomic E-state index is 10.3. The fourth-order valence-corrected chi connectivity index (χ4v) is 3.51. The first-order chi connectivity index (χ1) is 15.3. The fraction of sp³-hybridized carbons (Fsp3) is 0.650. The zero-order valence-corrected chi connectivity index (χ0v) is 16.9. The number of hydrogen-bond acceptors (Lipinski definition) is 12. The third-order valence-electron chi connectivity index (χ3n) is 5.43. The smallest absolute Gasteiger partial charge is 0.188 e. The molecule has 0 saturated carbocycles. The van der Waals surface area contributed by atoms with Gasteiger partial charge in [0.15, 0.2) is 18.7 Å². The highest BCUT2D eigenvalue weighted by Gasteiger charge is 2.48. The molecule has 11 atom stereocenters. The molecule has 12 heteroatoms. The molecule has 0 amide bonds. The van der Waals surface area contributed by atoms with Gasteiger partial charge in [-0.05, 0) is 5.56 Å². The first-order valence-corrected chi connectivity index (χ1v) is 10.00. The van der Waals surface area contributed by atoms with Crippen molar-refractivity contribution in [3.05, 3.63) is 35.9 Å². The van der Waals surface area contributed by atoms with Gasteiger partial charge < -0.3 is 54.7 Å². The van der Waals surface area contributed by atoms with Crippen molar-refractivity contribution in [3.63, 3.8) is 0 Å². The highest BCUT2D eigenvalue weighted by molar-refractivity contribution is 5.22. The molecule has 2 aliphatic rings. The monoisotopic (exact) mass is 457 g/mol. The number of rotatable bonds is 7. The van der Waals surface area contributed by atoms with Crippen molar-refractivity contribution >= 4 is 0 Å². The molecule has 12 nitrogen and oxygen atoms in total. The third kappa shape index (κ3) is 5.25. The number of aliphatic hydroxyl groups excluding tert-OH is 7. The molecule has 0 bridgehead atoms. The summed E-state index contributed by atoms with van der Waals surface area (Å²) in [5, 5.41) is 79.1. The molecule has 32 heavy (non-hydrogen) atoms. The lowest BCUT2D eigenvalue weighted by Crippen LogP contribution is -2.61. The lowest BCUT2D eigenvalue weighted by molar-refractivity contribution is -0.334. The average molecular weight is 457 g/mol. The van der Waals surface area contributed by atoms with E-state index in [2.05, 4.69) is 0 Å². The molecule has 0 unspecified atom stereocenters. The number of aliphatic hydroxyl groups is 7. The Morgan fingerprint density at radius 1 is 0.812 bits per heavy atom. The minimum atomic E-state index is -1.70. The summed E-state index contributed by atoms with van der Waals surface area (Å²) >= 11 is 0. The van der Waals surface area contributed by atoms with Crippen LogP contribution < -0.4 is 0 Å². The van der Waals surface area contributed by atoms with E-state index in [1.807, 2.05) is 6.07 Å². The first-order valence-electron chi connectivity index (χ1n) is 10.00. The Balaban J connectivity index is 1.65. The van der Waals surface area contributed by atoms with Gasteiger partial charge in [0.05, 0.1) is 19.3 Å². The van der Waals surface area contributed by atoms with Crippen LogP contribution in [0.3, 0.4) is 0 Å².